The molecule has 1 aromatic carbocycles. The number of carbonyl (C=O) groups is 1. The fraction of sp³-hybridized carbons (Fsp3) is 0.125. The van der Waals surface area contributed by atoms with E-state index in [9.17, 15) is 4.79 Å². The lowest BCUT2D eigenvalue weighted by atomic mass is 10.2. The van der Waals surface area contributed by atoms with Crippen molar-refractivity contribution in [3.05, 3.63) is 62.1 Å². The van der Waals surface area contributed by atoms with E-state index in [2.05, 4.69) is 10.3 Å². The Hall–Kier alpha value is -1.82. The number of aryl methyl sites for hydroxylation is 1. The zero-order valence-electron chi connectivity index (χ0n) is 12.1. The van der Waals surface area contributed by atoms with Gasteiger partial charge in [-0.25, -0.2) is 4.98 Å². The maximum atomic E-state index is 12.2. The van der Waals surface area contributed by atoms with Gasteiger partial charge in [0.05, 0.1) is 27.2 Å². The van der Waals surface area contributed by atoms with Gasteiger partial charge in [0.25, 0.3) is 5.91 Å². The largest absolute Gasteiger partial charge is 0.458 e. The summed E-state index contributed by atoms with van der Waals surface area (Å²) in [5, 5.41) is 6.25. The highest BCUT2D eigenvalue weighted by Crippen LogP contribution is 2.26. The molecular weight excluding hydrogens is 355 g/mol. The molecule has 3 rings (SSSR count). The second-order valence-electron chi connectivity index (χ2n) is 4.80. The Morgan fingerprint density at radius 3 is 2.87 bits per heavy atom. The van der Waals surface area contributed by atoms with Crippen LogP contribution in [0.4, 0.5) is 0 Å². The van der Waals surface area contributed by atoms with E-state index in [0.29, 0.717) is 22.1 Å². The van der Waals surface area contributed by atoms with E-state index >= 15 is 0 Å². The van der Waals surface area contributed by atoms with E-state index in [1.165, 1.54) is 0 Å². The second-order valence-corrected chi connectivity index (χ2v) is 6.65. The van der Waals surface area contributed by atoms with E-state index in [4.69, 9.17) is 27.6 Å². The Labute approximate surface area is 147 Å². The first-order valence-corrected chi connectivity index (χ1v) is 8.41. The summed E-state index contributed by atoms with van der Waals surface area (Å²) in [6.45, 7) is 2.19. The minimum Gasteiger partial charge on any atom is -0.458 e. The summed E-state index contributed by atoms with van der Waals surface area (Å²) < 4.78 is 5.69. The van der Waals surface area contributed by atoms with E-state index in [0.717, 1.165) is 10.7 Å². The Morgan fingerprint density at radius 2 is 2.13 bits per heavy atom. The average Bonchev–Trinajstić information content (AvgIpc) is 3.16. The van der Waals surface area contributed by atoms with Crippen LogP contribution < -0.4 is 5.32 Å². The van der Waals surface area contributed by atoms with Crippen molar-refractivity contribution in [3.63, 3.8) is 0 Å². The van der Waals surface area contributed by atoms with Gasteiger partial charge in [-0.3, -0.25) is 4.79 Å². The van der Waals surface area contributed by atoms with Gasteiger partial charge in [0, 0.05) is 5.38 Å². The molecule has 0 unspecified atom stereocenters. The third-order valence-corrected chi connectivity index (χ3v) is 4.74. The van der Waals surface area contributed by atoms with Crippen LogP contribution in [0, 0.1) is 6.92 Å². The summed E-state index contributed by atoms with van der Waals surface area (Å²) in [7, 11) is 0. The lowest BCUT2D eigenvalue weighted by molar-refractivity contribution is 0.0948. The highest BCUT2D eigenvalue weighted by molar-refractivity contribution is 7.09. The Morgan fingerprint density at radius 1 is 1.30 bits per heavy atom. The molecule has 3 aromatic rings. The van der Waals surface area contributed by atoms with E-state index in [-0.39, 0.29) is 17.5 Å². The van der Waals surface area contributed by atoms with Gasteiger partial charge in [-0.2, -0.15) is 0 Å². The summed E-state index contributed by atoms with van der Waals surface area (Å²) in [4.78, 5) is 16.5. The molecule has 0 spiro atoms. The SMILES string of the molecule is Cc1nc(-c2ccc(CNC(=O)c3cccc(Cl)c3Cl)o2)cs1. The molecule has 0 atom stereocenters. The fourth-order valence-electron chi connectivity index (χ4n) is 2.03. The molecule has 1 amide bonds. The predicted molar refractivity (Wildman–Crippen MR) is 92.2 cm³/mol. The number of carbonyl (C=O) groups excluding carboxylic acids is 1. The maximum absolute atomic E-state index is 12.2. The van der Waals surface area contributed by atoms with Crippen LogP contribution >= 0.6 is 34.5 Å². The summed E-state index contributed by atoms with van der Waals surface area (Å²) >= 11 is 13.5. The molecule has 7 heteroatoms. The number of thiazole rings is 1. The number of aromatic nitrogens is 1. The Balaban J connectivity index is 1.68. The van der Waals surface area contributed by atoms with Crippen LogP contribution in [0.25, 0.3) is 11.5 Å². The third-order valence-electron chi connectivity index (χ3n) is 3.15. The van der Waals surface area contributed by atoms with Crippen molar-refractivity contribution in [1.82, 2.24) is 10.3 Å². The number of nitrogens with zero attached hydrogens (tertiary/aromatic N) is 1. The quantitative estimate of drug-likeness (QED) is 0.710. The molecule has 1 N–H and O–H groups in total. The topological polar surface area (TPSA) is 55.1 Å². The molecule has 0 aliphatic heterocycles. The summed E-state index contributed by atoms with van der Waals surface area (Å²) in [6.07, 6.45) is 0. The molecule has 0 aliphatic carbocycles. The number of nitrogens with one attached hydrogen (secondary N) is 1. The molecule has 0 aliphatic rings. The van der Waals surface area contributed by atoms with Gasteiger partial charge >= 0.3 is 0 Å². The molecule has 0 bridgehead atoms. The van der Waals surface area contributed by atoms with Crippen LogP contribution in [0.2, 0.25) is 10.0 Å². The van der Waals surface area contributed by atoms with Crippen LogP contribution in [0.5, 0.6) is 0 Å². The summed E-state index contributed by atoms with van der Waals surface area (Å²) in [5.74, 6) is 1.01. The highest BCUT2D eigenvalue weighted by Gasteiger charge is 2.13. The molecule has 23 heavy (non-hydrogen) atoms. The third kappa shape index (κ3) is 3.58. The van der Waals surface area contributed by atoms with Crippen LogP contribution in [0.3, 0.4) is 0 Å². The minimum atomic E-state index is -0.306. The number of rotatable bonds is 4. The molecule has 0 fully saturated rings. The molecule has 118 valence electrons. The van der Waals surface area contributed by atoms with Gasteiger partial charge in [0.1, 0.15) is 11.5 Å². The van der Waals surface area contributed by atoms with E-state index < -0.39 is 0 Å². The molecule has 0 radical (unpaired) electrons. The lowest BCUT2D eigenvalue weighted by Gasteiger charge is -2.06. The monoisotopic (exact) mass is 366 g/mol. The smallest absolute Gasteiger partial charge is 0.253 e. The van der Waals surface area contributed by atoms with Crippen molar-refractivity contribution in [2.45, 2.75) is 13.5 Å². The van der Waals surface area contributed by atoms with Crippen molar-refractivity contribution in [2.75, 3.05) is 0 Å². The molecular formula is C16H12Cl2N2O2S. The standard InChI is InChI=1S/C16H12Cl2N2O2S/c1-9-20-13(8-23-9)14-6-5-10(22-14)7-19-16(21)11-3-2-4-12(17)15(11)18/h2-6,8H,7H2,1H3,(H,19,21). The second kappa shape index (κ2) is 6.74. The van der Waals surface area contributed by atoms with Crippen molar-refractivity contribution in [1.29, 1.82) is 0 Å². The molecule has 0 saturated carbocycles. The number of furan rings is 1. The number of benzene rings is 1. The molecule has 2 aromatic heterocycles. The normalized spacial score (nSPS) is 10.7. The summed E-state index contributed by atoms with van der Waals surface area (Å²) in [6, 6.07) is 8.58. The van der Waals surface area contributed by atoms with Gasteiger partial charge in [-0.1, -0.05) is 29.3 Å². The predicted octanol–water partition coefficient (Wildman–Crippen LogP) is 4.95. The zero-order chi connectivity index (χ0) is 16.4. The fourth-order valence-corrected chi connectivity index (χ4v) is 3.02. The van der Waals surface area contributed by atoms with E-state index in [1.807, 2.05) is 24.4 Å². The van der Waals surface area contributed by atoms with Crippen LogP contribution in [0.15, 0.2) is 40.1 Å². The first kappa shape index (κ1) is 16.1. The highest BCUT2D eigenvalue weighted by atomic mass is 35.5. The molecule has 0 saturated heterocycles. The molecule has 2 heterocycles. The van der Waals surface area contributed by atoms with Gasteiger partial charge in [0.2, 0.25) is 0 Å². The first-order valence-electron chi connectivity index (χ1n) is 6.78. The van der Waals surface area contributed by atoms with Crippen LogP contribution in [0.1, 0.15) is 21.1 Å². The van der Waals surface area contributed by atoms with Gasteiger partial charge in [-0.15, -0.1) is 11.3 Å². The Bertz CT molecular complexity index is 857. The average molecular weight is 367 g/mol. The van der Waals surface area contributed by atoms with Gasteiger partial charge in [0.15, 0.2) is 5.76 Å². The summed E-state index contributed by atoms with van der Waals surface area (Å²) in [5.41, 5.74) is 1.13. The van der Waals surface area contributed by atoms with Crippen LogP contribution in [-0.4, -0.2) is 10.9 Å². The number of halogens is 2. The van der Waals surface area contributed by atoms with Gasteiger partial charge in [-0.05, 0) is 31.2 Å². The van der Waals surface area contributed by atoms with E-state index in [1.54, 1.807) is 29.5 Å². The number of hydrogen-bond donors (Lipinski definition) is 1. The van der Waals surface area contributed by atoms with Crippen molar-refractivity contribution >= 4 is 40.4 Å². The van der Waals surface area contributed by atoms with Crippen molar-refractivity contribution in [3.8, 4) is 11.5 Å². The minimum absolute atomic E-state index is 0.241. The Kier molecular flexibility index (Phi) is 4.71. The van der Waals surface area contributed by atoms with Gasteiger partial charge < -0.3 is 9.73 Å². The lowest BCUT2D eigenvalue weighted by Crippen LogP contribution is -2.22. The zero-order valence-corrected chi connectivity index (χ0v) is 14.4. The first-order chi connectivity index (χ1) is 11.0. The van der Waals surface area contributed by atoms with Crippen molar-refractivity contribution in [2.24, 2.45) is 0 Å². The molecule has 4 nitrogen and oxygen atoms in total. The number of amides is 1. The number of hydrogen-bond acceptors (Lipinski definition) is 4. The van der Waals surface area contributed by atoms with Crippen molar-refractivity contribution < 1.29 is 9.21 Å². The van der Waals surface area contributed by atoms with Crippen LogP contribution in [-0.2, 0) is 6.54 Å². The maximum Gasteiger partial charge on any atom is 0.253 e.